The lowest BCUT2D eigenvalue weighted by Crippen LogP contribution is -2.38. The third-order valence-electron chi connectivity index (χ3n) is 7.72. The number of carbonyl (C=O) groups is 2. The largest absolute Gasteiger partial charge is 0.488 e. The van der Waals surface area contributed by atoms with Crippen LogP contribution in [0.2, 0.25) is 5.02 Å². The molecule has 0 spiro atoms. The molecule has 2 heterocycles. The van der Waals surface area contributed by atoms with Gasteiger partial charge in [-0.25, -0.2) is 4.39 Å². The number of halogens is 5. The van der Waals surface area contributed by atoms with E-state index in [1.165, 1.54) is 6.07 Å². The summed E-state index contributed by atoms with van der Waals surface area (Å²) >= 11 is 6.52. The molecule has 4 bridgehead atoms. The summed E-state index contributed by atoms with van der Waals surface area (Å²) in [6, 6.07) is 13.7. The molecule has 6 rings (SSSR count). The smallest absolute Gasteiger partial charge is 0.416 e. The van der Waals surface area contributed by atoms with Gasteiger partial charge in [-0.3, -0.25) is 19.0 Å². The number of carboxylic acids is 1. The number of carboxylic acid groups (broad SMARTS) is 1. The van der Waals surface area contributed by atoms with E-state index in [4.69, 9.17) is 26.2 Å². The molecule has 1 amide bonds. The number of benzene rings is 3. The Bertz CT molecular complexity index is 1880. The van der Waals surface area contributed by atoms with Crippen molar-refractivity contribution in [2.45, 2.75) is 58.0 Å². The highest BCUT2D eigenvalue weighted by Gasteiger charge is 2.34. The molecule has 2 N–H and O–H groups in total. The zero-order valence-corrected chi connectivity index (χ0v) is 25.5. The first-order chi connectivity index (χ1) is 21.7. The van der Waals surface area contributed by atoms with Crippen molar-refractivity contribution in [3.8, 4) is 16.9 Å². The fourth-order valence-electron chi connectivity index (χ4n) is 5.43. The number of nitrogens with one attached hydrogen (secondary N) is 1. The van der Waals surface area contributed by atoms with E-state index in [0.29, 0.717) is 22.9 Å². The van der Waals surface area contributed by atoms with E-state index in [9.17, 15) is 22.8 Å². The lowest BCUT2D eigenvalue weighted by Gasteiger charge is -2.23. The van der Waals surface area contributed by atoms with Gasteiger partial charge in [0.05, 0.1) is 5.56 Å². The van der Waals surface area contributed by atoms with Crippen LogP contribution < -0.4 is 15.6 Å². The molecule has 1 aliphatic carbocycles. The molecule has 1 aromatic heterocycles. The second-order valence-electron chi connectivity index (χ2n) is 11.2. The van der Waals surface area contributed by atoms with Crippen molar-refractivity contribution in [2.24, 2.45) is 0 Å². The van der Waals surface area contributed by atoms with Crippen LogP contribution in [0.4, 0.5) is 17.6 Å². The van der Waals surface area contributed by atoms with Gasteiger partial charge in [0.2, 0.25) is 5.91 Å². The Morgan fingerprint density at radius 3 is 2.41 bits per heavy atom. The van der Waals surface area contributed by atoms with Gasteiger partial charge in [-0.05, 0) is 84.3 Å². The zero-order chi connectivity index (χ0) is 33.3. The minimum Gasteiger partial charge on any atom is -0.488 e. The predicted octanol–water partition coefficient (Wildman–Crippen LogP) is 7.40. The summed E-state index contributed by atoms with van der Waals surface area (Å²) in [5.74, 6) is -1.33. The van der Waals surface area contributed by atoms with Gasteiger partial charge in [-0.1, -0.05) is 29.8 Å². The molecule has 12 heteroatoms. The number of aryl methyl sites for hydroxylation is 1. The molecule has 1 aliphatic heterocycles. The van der Waals surface area contributed by atoms with Crippen molar-refractivity contribution in [3.63, 3.8) is 0 Å². The Labute approximate surface area is 266 Å². The lowest BCUT2D eigenvalue weighted by atomic mass is 9.93. The summed E-state index contributed by atoms with van der Waals surface area (Å²) in [7, 11) is 0. The van der Waals surface area contributed by atoms with E-state index in [-0.39, 0.29) is 35.2 Å². The Kier molecular flexibility index (Phi) is 9.25. The van der Waals surface area contributed by atoms with Crippen molar-refractivity contribution >= 4 is 23.5 Å². The maximum atomic E-state index is 15.8. The summed E-state index contributed by atoms with van der Waals surface area (Å²) in [5.41, 5.74) is 1.92. The summed E-state index contributed by atoms with van der Waals surface area (Å²) in [6.45, 7) is 2.88. The van der Waals surface area contributed by atoms with Crippen LogP contribution in [0.1, 0.15) is 65.1 Å². The van der Waals surface area contributed by atoms with Crippen LogP contribution in [-0.4, -0.2) is 21.6 Å². The monoisotopic (exact) mass is 656 g/mol. The van der Waals surface area contributed by atoms with Gasteiger partial charge in [0.1, 0.15) is 24.2 Å². The summed E-state index contributed by atoms with van der Waals surface area (Å²) in [6.07, 6.45) is -2.11. The molecule has 3 aromatic carbocycles. The van der Waals surface area contributed by atoms with Crippen LogP contribution in [0.3, 0.4) is 0 Å². The second kappa shape index (κ2) is 13.0. The fourth-order valence-corrected chi connectivity index (χ4v) is 5.65. The number of hydrogen-bond donors (Lipinski definition) is 2. The van der Waals surface area contributed by atoms with Gasteiger partial charge in [-0.2, -0.15) is 13.2 Å². The third kappa shape index (κ3) is 7.09. The first-order valence-corrected chi connectivity index (χ1v) is 14.7. The number of alkyl halides is 3. The summed E-state index contributed by atoms with van der Waals surface area (Å²) < 4.78 is 62.8. The van der Waals surface area contributed by atoms with Crippen LogP contribution >= 0.6 is 11.6 Å². The van der Waals surface area contributed by atoms with Gasteiger partial charge in [0, 0.05) is 47.4 Å². The number of aliphatic carboxylic acids is 1. The van der Waals surface area contributed by atoms with E-state index in [1.54, 1.807) is 18.2 Å². The lowest BCUT2D eigenvalue weighted by molar-refractivity contribution is -0.138. The maximum Gasteiger partial charge on any atom is 0.416 e. The molecule has 4 aromatic rings. The van der Waals surface area contributed by atoms with E-state index in [1.807, 2.05) is 31.2 Å². The molecule has 1 atom stereocenters. The highest BCUT2D eigenvalue weighted by atomic mass is 35.5. The third-order valence-corrected chi connectivity index (χ3v) is 8.07. The quantitative estimate of drug-likeness (QED) is 0.219. The van der Waals surface area contributed by atoms with Crippen LogP contribution in [-0.2, 0) is 28.9 Å². The van der Waals surface area contributed by atoms with E-state index >= 15 is 4.39 Å². The molecule has 240 valence electrons. The van der Waals surface area contributed by atoms with Crippen molar-refractivity contribution in [1.29, 1.82) is 0 Å². The van der Waals surface area contributed by atoms with E-state index in [2.05, 4.69) is 5.32 Å². The number of carbonyl (C=O) groups excluding carboxylic acids is 1. The number of aromatic nitrogens is 1. The van der Waals surface area contributed by atoms with Gasteiger partial charge in [-0.15, -0.1) is 0 Å². The Balaban J connectivity index is 0.000000985. The maximum absolute atomic E-state index is 15.8. The van der Waals surface area contributed by atoms with Gasteiger partial charge < -0.3 is 15.2 Å². The molecule has 1 saturated carbocycles. The minimum absolute atomic E-state index is 0.0698. The van der Waals surface area contributed by atoms with E-state index in [0.717, 1.165) is 53.3 Å². The Morgan fingerprint density at radius 2 is 1.76 bits per heavy atom. The molecule has 2 aliphatic rings. The average Bonchev–Trinajstić information content (AvgIpc) is 3.82. The Hall–Kier alpha value is -4.64. The number of amides is 1. The highest BCUT2D eigenvalue weighted by Crippen LogP contribution is 2.45. The summed E-state index contributed by atoms with van der Waals surface area (Å²) in [4.78, 5) is 35.7. The first kappa shape index (κ1) is 32.7. The number of fused-ring (bicyclic) bond motifs is 6. The van der Waals surface area contributed by atoms with Crippen molar-refractivity contribution in [1.82, 2.24) is 9.88 Å². The van der Waals surface area contributed by atoms with Crippen LogP contribution in [0.25, 0.3) is 11.1 Å². The number of hydrogen-bond acceptors (Lipinski definition) is 4. The van der Waals surface area contributed by atoms with Crippen LogP contribution in [0, 0.1) is 12.7 Å². The number of pyridine rings is 1. The van der Waals surface area contributed by atoms with Crippen LogP contribution in [0.5, 0.6) is 5.75 Å². The molecular weight excluding hydrogens is 628 g/mol. The second-order valence-corrected chi connectivity index (χ2v) is 11.6. The fraction of sp³-hybridized carbons (Fsp3) is 0.265. The minimum atomic E-state index is -4.74. The number of rotatable bonds is 2. The van der Waals surface area contributed by atoms with Gasteiger partial charge in [0.25, 0.3) is 11.5 Å². The molecule has 0 saturated heterocycles. The van der Waals surface area contributed by atoms with E-state index < -0.39 is 41.0 Å². The predicted molar refractivity (Wildman–Crippen MR) is 163 cm³/mol. The number of ether oxygens (including phenoxy) is 1. The van der Waals surface area contributed by atoms with Gasteiger partial charge in [0.15, 0.2) is 0 Å². The molecular formula is C34H29ClF4N2O5. The normalized spacial score (nSPS) is 16.2. The molecule has 0 radical (unpaired) electrons. The average molecular weight is 657 g/mol. The summed E-state index contributed by atoms with van der Waals surface area (Å²) in [5, 5.41) is 10.3. The van der Waals surface area contributed by atoms with Crippen molar-refractivity contribution in [3.05, 3.63) is 121 Å². The zero-order valence-electron chi connectivity index (χ0n) is 24.8. The molecule has 1 unspecified atom stereocenters. The first-order valence-electron chi connectivity index (χ1n) is 14.3. The molecule has 1 fully saturated rings. The Morgan fingerprint density at radius 1 is 1.04 bits per heavy atom. The van der Waals surface area contributed by atoms with Crippen molar-refractivity contribution < 1.29 is 37.0 Å². The van der Waals surface area contributed by atoms with Crippen LogP contribution in [0.15, 0.2) is 71.7 Å². The number of nitrogens with zero attached hydrogens (tertiary/aromatic N) is 1. The SMILES string of the molecule is CC(=O)O.Cc1cccc2c1-c1cc(c(F)c(C3CC3)c1)CNC(=O)C(n1ccc(C(F)(F)F)cc1=O)c1cc(ccc1Cl)CO2. The standard InChI is InChI=1S/C32H25ClF4N2O3.C2H4O2/c1-17-3-2-4-26-28(17)20-12-21(29(34)23(13-20)19-6-7-19)15-38-31(41)30(24-11-18(16-42-26)5-8-25(24)33)39-10-9-22(14-27(39)40)32(35,36)37;1-2(3)4/h2-5,8-14,19,30H,6-7,15-16H2,1H3,(H,38,41);1H3,(H,3,4). The highest BCUT2D eigenvalue weighted by molar-refractivity contribution is 6.31. The van der Waals surface area contributed by atoms with Gasteiger partial charge >= 0.3 is 6.18 Å². The topological polar surface area (TPSA) is 97.6 Å². The molecule has 7 nitrogen and oxygen atoms in total. The molecule has 46 heavy (non-hydrogen) atoms. The van der Waals surface area contributed by atoms with Crippen molar-refractivity contribution in [2.75, 3.05) is 0 Å².